The van der Waals surface area contributed by atoms with Gasteiger partial charge in [-0.2, -0.15) is 0 Å². The molecule has 0 amide bonds. The standard InChI is InChI=1S/C32H34O6/c1-20-12-28(37-17-22-6-8-26(33)9-7-22)13-21(2)32(20)24-5-3-4-23(14-24)18-36-27-10-11-29-25(15-31(34)35)19-38-30(29)16-27/h3-5,10-14,16,22,25H,6-9,15,17-19H2,1-2H3,(H,34,35). The highest BCUT2D eigenvalue weighted by Crippen LogP contribution is 2.38. The highest BCUT2D eigenvalue weighted by atomic mass is 16.5. The van der Waals surface area contributed by atoms with Crippen molar-refractivity contribution in [3.05, 3.63) is 76.9 Å². The van der Waals surface area contributed by atoms with Crippen molar-refractivity contribution in [3.63, 3.8) is 0 Å². The van der Waals surface area contributed by atoms with Crippen LogP contribution in [0.25, 0.3) is 11.1 Å². The van der Waals surface area contributed by atoms with Gasteiger partial charge in [0.15, 0.2) is 0 Å². The van der Waals surface area contributed by atoms with Crippen LogP contribution >= 0.6 is 0 Å². The van der Waals surface area contributed by atoms with Gasteiger partial charge in [-0.3, -0.25) is 9.59 Å². The molecule has 198 valence electrons. The van der Waals surface area contributed by atoms with Gasteiger partial charge in [-0.25, -0.2) is 0 Å². The predicted molar refractivity (Wildman–Crippen MR) is 145 cm³/mol. The zero-order valence-corrected chi connectivity index (χ0v) is 22.0. The minimum absolute atomic E-state index is 0.0641. The molecule has 3 aromatic carbocycles. The van der Waals surface area contributed by atoms with Crippen molar-refractivity contribution in [3.8, 4) is 28.4 Å². The van der Waals surface area contributed by atoms with E-state index in [1.807, 2.05) is 30.3 Å². The fourth-order valence-corrected chi connectivity index (χ4v) is 5.55. The first kappa shape index (κ1) is 25.8. The number of ketones is 1. The Morgan fingerprint density at radius 3 is 2.47 bits per heavy atom. The maximum atomic E-state index is 11.5. The summed E-state index contributed by atoms with van der Waals surface area (Å²) in [5, 5.41) is 9.10. The van der Waals surface area contributed by atoms with Gasteiger partial charge in [0.1, 0.15) is 29.6 Å². The second kappa shape index (κ2) is 11.3. The number of fused-ring (bicyclic) bond motifs is 1. The number of carbonyl (C=O) groups excluding carboxylic acids is 1. The van der Waals surface area contributed by atoms with Gasteiger partial charge >= 0.3 is 5.97 Å². The molecule has 2 aliphatic rings. The van der Waals surface area contributed by atoms with Crippen LogP contribution in [0, 0.1) is 19.8 Å². The number of ether oxygens (including phenoxy) is 3. The lowest BCUT2D eigenvalue weighted by atomic mass is 9.89. The van der Waals surface area contributed by atoms with Crippen LogP contribution in [0.5, 0.6) is 17.2 Å². The minimum Gasteiger partial charge on any atom is -0.493 e. The number of Topliss-reactive ketones (excluding diaryl/α,β-unsaturated/α-hetero) is 1. The second-order valence-corrected chi connectivity index (χ2v) is 10.5. The van der Waals surface area contributed by atoms with Crippen molar-refractivity contribution in [2.45, 2.75) is 58.5 Å². The number of carboxylic acid groups (broad SMARTS) is 1. The third-order valence-electron chi connectivity index (χ3n) is 7.56. The first-order valence-corrected chi connectivity index (χ1v) is 13.3. The van der Waals surface area contributed by atoms with E-state index in [9.17, 15) is 9.59 Å². The van der Waals surface area contributed by atoms with Gasteiger partial charge in [-0.1, -0.05) is 24.3 Å². The molecule has 0 aromatic heterocycles. The van der Waals surface area contributed by atoms with E-state index >= 15 is 0 Å². The van der Waals surface area contributed by atoms with E-state index in [4.69, 9.17) is 19.3 Å². The lowest BCUT2D eigenvalue weighted by Gasteiger charge is -2.22. The second-order valence-electron chi connectivity index (χ2n) is 10.5. The number of aryl methyl sites for hydroxylation is 2. The molecule has 1 aliphatic carbocycles. The molecular formula is C32H34O6. The van der Waals surface area contributed by atoms with E-state index in [0.717, 1.165) is 46.4 Å². The number of carboxylic acids is 1. The van der Waals surface area contributed by atoms with Gasteiger partial charge < -0.3 is 19.3 Å². The largest absolute Gasteiger partial charge is 0.493 e. The van der Waals surface area contributed by atoms with Gasteiger partial charge in [0, 0.05) is 30.4 Å². The van der Waals surface area contributed by atoms with Crippen molar-refractivity contribution < 1.29 is 28.9 Å². The maximum absolute atomic E-state index is 11.5. The summed E-state index contributed by atoms with van der Waals surface area (Å²) in [5.41, 5.74) is 6.62. The van der Waals surface area contributed by atoms with Crippen molar-refractivity contribution in [2.75, 3.05) is 13.2 Å². The molecule has 1 heterocycles. The first-order valence-electron chi connectivity index (χ1n) is 13.3. The average molecular weight is 515 g/mol. The number of carbonyl (C=O) groups is 2. The summed E-state index contributed by atoms with van der Waals surface area (Å²) in [6, 6.07) is 18.2. The summed E-state index contributed by atoms with van der Waals surface area (Å²) in [6.45, 7) is 5.68. The van der Waals surface area contributed by atoms with E-state index < -0.39 is 5.97 Å². The fourth-order valence-electron chi connectivity index (χ4n) is 5.55. The Morgan fingerprint density at radius 1 is 0.974 bits per heavy atom. The highest BCUT2D eigenvalue weighted by molar-refractivity contribution is 5.79. The van der Waals surface area contributed by atoms with Crippen LogP contribution in [0.4, 0.5) is 0 Å². The topological polar surface area (TPSA) is 82.1 Å². The molecule has 1 unspecified atom stereocenters. The SMILES string of the molecule is Cc1cc(OCC2CCC(=O)CC2)cc(C)c1-c1cccc(COc2ccc3c(c2)OCC3CC(=O)O)c1. The highest BCUT2D eigenvalue weighted by Gasteiger charge is 2.26. The molecule has 0 radical (unpaired) electrons. The van der Waals surface area contributed by atoms with Crippen molar-refractivity contribution in [1.82, 2.24) is 0 Å². The molecule has 1 aliphatic heterocycles. The maximum Gasteiger partial charge on any atom is 0.304 e. The zero-order chi connectivity index (χ0) is 26.6. The molecule has 0 spiro atoms. The number of rotatable bonds is 9. The summed E-state index contributed by atoms with van der Waals surface area (Å²) in [7, 11) is 0. The third kappa shape index (κ3) is 6.01. The number of aliphatic carboxylic acids is 1. The number of benzene rings is 3. The normalized spacial score (nSPS) is 17.1. The molecule has 3 aromatic rings. The van der Waals surface area contributed by atoms with Crippen LogP contribution in [-0.4, -0.2) is 30.1 Å². The van der Waals surface area contributed by atoms with Gasteiger partial charge in [0.05, 0.1) is 19.6 Å². The molecule has 38 heavy (non-hydrogen) atoms. The zero-order valence-electron chi connectivity index (χ0n) is 22.0. The Morgan fingerprint density at radius 2 is 1.74 bits per heavy atom. The molecule has 5 rings (SSSR count). The molecule has 1 atom stereocenters. The van der Waals surface area contributed by atoms with Crippen molar-refractivity contribution in [1.29, 1.82) is 0 Å². The molecule has 0 saturated heterocycles. The van der Waals surface area contributed by atoms with Crippen molar-refractivity contribution >= 4 is 11.8 Å². The van der Waals surface area contributed by atoms with E-state index in [0.29, 0.717) is 55.9 Å². The minimum atomic E-state index is -0.822. The van der Waals surface area contributed by atoms with E-state index in [-0.39, 0.29) is 12.3 Å². The van der Waals surface area contributed by atoms with Crippen LogP contribution in [0.2, 0.25) is 0 Å². The Balaban J connectivity index is 1.23. The predicted octanol–water partition coefficient (Wildman–Crippen LogP) is 6.64. The summed E-state index contributed by atoms with van der Waals surface area (Å²) in [4.78, 5) is 22.6. The molecule has 1 N–H and O–H groups in total. The van der Waals surface area contributed by atoms with Gasteiger partial charge in [-0.15, -0.1) is 0 Å². The summed E-state index contributed by atoms with van der Waals surface area (Å²) in [6.07, 6.45) is 3.27. The lowest BCUT2D eigenvalue weighted by molar-refractivity contribution is -0.137. The van der Waals surface area contributed by atoms with Crippen LogP contribution in [-0.2, 0) is 16.2 Å². The monoisotopic (exact) mass is 514 g/mol. The molecule has 1 saturated carbocycles. The summed E-state index contributed by atoms with van der Waals surface area (Å²) < 4.78 is 17.9. The van der Waals surface area contributed by atoms with Gasteiger partial charge in [0.25, 0.3) is 0 Å². The van der Waals surface area contributed by atoms with Crippen LogP contribution in [0.3, 0.4) is 0 Å². The Hall–Kier alpha value is -3.80. The molecule has 6 heteroatoms. The Bertz CT molecular complexity index is 1310. The third-order valence-corrected chi connectivity index (χ3v) is 7.56. The number of hydrogen-bond donors (Lipinski definition) is 1. The molecule has 6 nitrogen and oxygen atoms in total. The van der Waals surface area contributed by atoms with Crippen LogP contribution < -0.4 is 14.2 Å². The van der Waals surface area contributed by atoms with Gasteiger partial charge in [0.2, 0.25) is 0 Å². The Kier molecular flexibility index (Phi) is 7.68. The van der Waals surface area contributed by atoms with Gasteiger partial charge in [-0.05, 0) is 84.7 Å². The quantitative estimate of drug-likeness (QED) is 0.345. The fraction of sp³-hybridized carbons (Fsp3) is 0.375. The number of hydrogen-bond acceptors (Lipinski definition) is 5. The molecule has 0 bridgehead atoms. The molecular weight excluding hydrogens is 480 g/mol. The van der Waals surface area contributed by atoms with Crippen LogP contribution in [0.1, 0.15) is 60.3 Å². The molecule has 1 fully saturated rings. The Labute approximate surface area is 223 Å². The first-order chi connectivity index (χ1) is 18.4. The van der Waals surface area contributed by atoms with E-state index in [1.165, 1.54) is 5.56 Å². The van der Waals surface area contributed by atoms with Crippen LogP contribution in [0.15, 0.2) is 54.6 Å². The summed E-state index contributed by atoms with van der Waals surface area (Å²) in [5.74, 6) is 2.16. The van der Waals surface area contributed by atoms with E-state index in [1.54, 1.807) is 0 Å². The average Bonchev–Trinajstić information content (AvgIpc) is 3.28. The van der Waals surface area contributed by atoms with Crippen molar-refractivity contribution in [2.24, 2.45) is 5.92 Å². The van der Waals surface area contributed by atoms with E-state index in [2.05, 4.69) is 38.1 Å². The summed E-state index contributed by atoms with van der Waals surface area (Å²) >= 11 is 0. The lowest BCUT2D eigenvalue weighted by Crippen LogP contribution is -2.19. The smallest absolute Gasteiger partial charge is 0.304 e.